The largest absolute Gasteiger partial charge is 0.369 e. The van der Waals surface area contributed by atoms with E-state index in [2.05, 4.69) is 61.9 Å². The third kappa shape index (κ3) is 6.67. The van der Waals surface area contributed by atoms with Gasteiger partial charge in [-0.15, -0.1) is 34.2 Å². The van der Waals surface area contributed by atoms with Crippen molar-refractivity contribution in [2.45, 2.75) is 38.8 Å². The van der Waals surface area contributed by atoms with Gasteiger partial charge < -0.3 is 20.1 Å². The molecular weight excluding hydrogens is 453 g/mol. The summed E-state index contributed by atoms with van der Waals surface area (Å²) in [6, 6.07) is 9.20. The first-order valence-corrected chi connectivity index (χ1v) is 9.36. The Morgan fingerprint density at radius 1 is 1.19 bits per heavy atom. The van der Waals surface area contributed by atoms with Gasteiger partial charge in [0, 0.05) is 45.0 Å². The summed E-state index contributed by atoms with van der Waals surface area (Å²) in [6.45, 7) is 6.08. The monoisotopic (exact) mass is 483 g/mol. The van der Waals surface area contributed by atoms with Gasteiger partial charge in [0.05, 0.1) is 0 Å². The average Bonchev–Trinajstić information content (AvgIpc) is 3.33. The van der Waals surface area contributed by atoms with Gasteiger partial charge in [-0.05, 0) is 38.3 Å². The lowest BCUT2D eigenvalue weighted by molar-refractivity contribution is 0.590. The van der Waals surface area contributed by atoms with Gasteiger partial charge in [-0.2, -0.15) is 0 Å². The number of aliphatic imine (C=N–C) groups is 1. The number of halogens is 1. The number of benzene rings is 1. The second-order valence-corrected chi connectivity index (χ2v) is 6.82. The van der Waals surface area contributed by atoms with Crippen LogP contribution in [0.1, 0.15) is 24.8 Å². The van der Waals surface area contributed by atoms with Gasteiger partial charge in [0.2, 0.25) is 0 Å². The van der Waals surface area contributed by atoms with Crippen molar-refractivity contribution in [1.29, 1.82) is 0 Å². The molecule has 1 aromatic heterocycles. The van der Waals surface area contributed by atoms with E-state index in [1.807, 2.05) is 11.6 Å². The minimum Gasteiger partial charge on any atom is -0.369 e. The number of hydrogen-bond donors (Lipinski definition) is 2. The van der Waals surface area contributed by atoms with Gasteiger partial charge in [0.15, 0.2) is 5.96 Å². The maximum atomic E-state index is 4.36. The molecule has 1 atom stereocenters. The van der Waals surface area contributed by atoms with Crippen LogP contribution in [-0.4, -0.2) is 53.4 Å². The van der Waals surface area contributed by atoms with Crippen LogP contribution in [0.4, 0.5) is 5.69 Å². The second-order valence-electron chi connectivity index (χ2n) is 6.82. The molecular formula is C19H30IN7. The summed E-state index contributed by atoms with van der Waals surface area (Å²) in [5.41, 5.74) is 2.60. The summed E-state index contributed by atoms with van der Waals surface area (Å²) < 4.78 is 2.01. The third-order valence-corrected chi connectivity index (χ3v) is 4.75. The highest BCUT2D eigenvalue weighted by atomic mass is 127. The van der Waals surface area contributed by atoms with Crippen LogP contribution in [0.15, 0.2) is 41.9 Å². The minimum atomic E-state index is 0. The Morgan fingerprint density at radius 2 is 1.93 bits per heavy atom. The van der Waals surface area contributed by atoms with E-state index in [1.54, 1.807) is 12.7 Å². The Morgan fingerprint density at radius 3 is 2.63 bits per heavy atom. The first-order chi connectivity index (χ1) is 12.7. The van der Waals surface area contributed by atoms with E-state index in [9.17, 15) is 0 Å². The van der Waals surface area contributed by atoms with Gasteiger partial charge in [-0.25, -0.2) is 0 Å². The van der Waals surface area contributed by atoms with Crippen LogP contribution in [0.2, 0.25) is 0 Å². The lowest BCUT2D eigenvalue weighted by Gasteiger charge is -2.20. The summed E-state index contributed by atoms with van der Waals surface area (Å²) in [7, 11) is 1.83. The van der Waals surface area contributed by atoms with Gasteiger partial charge in [0.1, 0.15) is 12.7 Å². The molecule has 2 heterocycles. The zero-order valence-electron chi connectivity index (χ0n) is 16.1. The van der Waals surface area contributed by atoms with Crippen LogP contribution in [0.3, 0.4) is 0 Å². The number of aryl methyl sites for hydroxylation is 2. The number of unbranched alkanes of at least 4 members (excludes halogenated alkanes) is 1. The quantitative estimate of drug-likeness (QED) is 0.274. The highest BCUT2D eigenvalue weighted by Crippen LogP contribution is 2.20. The highest BCUT2D eigenvalue weighted by Gasteiger charge is 2.23. The molecule has 7 nitrogen and oxygen atoms in total. The molecule has 1 aliphatic heterocycles. The summed E-state index contributed by atoms with van der Waals surface area (Å²) in [5, 5.41) is 14.6. The van der Waals surface area contributed by atoms with E-state index < -0.39 is 0 Å². The number of hydrogen-bond acceptors (Lipinski definition) is 4. The maximum Gasteiger partial charge on any atom is 0.191 e. The first kappa shape index (κ1) is 21.5. The third-order valence-electron chi connectivity index (χ3n) is 4.75. The van der Waals surface area contributed by atoms with Crippen molar-refractivity contribution < 1.29 is 0 Å². The number of anilines is 1. The van der Waals surface area contributed by atoms with Crippen LogP contribution in [0.5, 0.6) is 0 Å². The Bertz CT molecular complexity index is 685. The summed E-state index contributed by atoms with van der Waals surface area (Å²) in [4.78, 5) is 6.79. The van der Waals surface area contributed by atoms with Crippen molar-refractivity contribution in [2.24, 2.45) is 4.99 Å². The molecule has 148 valence electrons. The Kier molecular flexibility index (Phi) is 8.83. The Hall–Kier alpha value is -1.84. The van der Waals surface area contributed by atoms with E-state index in [0.717, 1.165) is 51.4 Å². The van der Waals surface area contributed by atoms with E-state index in [1.165, 1.54) is 11.3 Å². The van der Waals surface area contributed by atoms with Crippen LogP contribution >= 0.6 is 24.0 Å². The molecule has 1 fully saturated rings. The molecule has 27 heavy (non-hydrogen) atoms. The minimum absolute atomic E-state index is 0. The van der Waals surface area contributed by atoms with E-state index >= 15 is 0 Å². The van der Waals surface area contributed by atoms with Crippen LogP contribution in [0, 0.1) is 6.92 Å². The zero-order valence-corrected chi connectivity index (χ0v) is 18.5. The number of rotatable bonds is 7. The number of guanidine groups is 1. The predicted molar refractivity (Wildman–Crippen MR) is 121 cm³/mol. The molecule has 0 aliphatic carbocycles. The molecule has 0 bridgehead atoms. The maximum absolute atomic E-state index is 4.36. The molecule has 1 saturated heterocycles. The molecule has 3 rings (SSSR count). The van der Waals surface area contributed by atoms with Crippen molar-refractivity contribution >= 4 is 35.6 Å². The fourth-order valence-corrected chi connectivity index (χ4v) is 3.22. The van der Waals surface area contributed by atoms with Gasteiger partial charge in [-0.3, -0.25) is 4.99 Å². The molecule has 2 aromatic rings. The van der Waals surface area contributed by atoms with Crippen LogP contribution in [-0.2, 0) is 6.54 Å². The topological polar surface area (TPSA) is 70.4 Å². The van der Waals surface area contributed by atoms with Gasteiger partial charge in [-0.1, -0.05) is 17.7 Å². The number of nitrogens with one attached hydrogen (secondary N) is 2. The molecule has 2 N–H and O–H groups in total. The van der Waals surface area contributed by atoms with Crippen molar-refractivity contribution in [3.8, 4) is 0 Å². The second kappa shape index (κ2) is 11.1. The van der Waals surface area contributed by atoms with Crippen molar-refractivity contribution in [2.75, 3.05) is 31.6 Å². The predicted octanol–water partition coefficient (Wildman–Crippen LogP) is 2.43. The molecule has 0 radical (unpaired) electrons. The highest BCUT2D eigenvalue weighted by molar-refractivity contribution is 14.0. The SMILES string of the molecule is CN=C(NCCCCn1cnnc1)NC1CCN(c2ccc(C)cc2)C1.I. The van der Waals surface area contributed by atoms with Crippen molar-refractivity contribution in [3.05, 3.63) is 42.5 Å². The number of nitrogens with zero attached hydrogens (tertiary/aromatic N) is 5. The molecule has 0 saturated carbocycles. The van der Waals surface area contributed by atoms with Gasteiger partial charge >= 0.3 is 0 Å². The van der Waals surface area contributed by atoms with E-state index in [4.69, 9.17) is 0 Å². The molecule has 1 unspecified atom stereocenters. The molecule has 0 amide bonds. The molecule has 8 heteroatoms. The van der Waals surface area contributed by atoms with Crippen molar-refractivity contribution in [1.82, 2.24) is 25.4 Å². The fourth-order valence-electron chi connectivity index (χ4n) is 3.22. The summed E-state index contributed by atoms with van der Waals surface area (Å²) >= 11 is 0. The molecule has 1 aromatic carbocycles. The average molecular weight is 483 g/mol. The summed E-state index contributed by atoms with van der Waals surface area (Å²) in [5.74, 6) is 0.894. The zero-order chi connectivity index (χ0) is 18.2. The smallest absolute Gasteiger partial charge is 0.191 e. The molecule has 1 aliphatic rings. The van der Waals surface area contributed by atoms with Gasteiger partial charge in [0.25, 0.3) is 0 Å². The number of aromatic nitrogens is 3. The van der Waals surface area contributed by atoms with Crippen molar-refractivity contribution in [3.63, 3.8) is 0 Å². The lowest BCUT2D eigenvalue weighted by atomic mass is 10.2. The standard InChI is InChI=1S/C19H29N7.HI/c1-16-5-7-18(8-6-16)26-12-9-17(13-26)24-19(20-2)21-10-3-4-11-25-14-22-23-15-25;/h5-8,14-15,17H,3-4,9-13H2,1-2H3,(H2,20,21,24);1H. The molecule has 0 spiro atoms. The van der Waals surface area contributed by atoms with Crippen LogP contribution in [0.25, 0.3) is 0 Å². The lowest BCUT2D eigenvalue weighted by Crippen LogP contribution is -2.44. The van der Waals surface area contributed by atoms with E-state index in [-0.39, 0.29) is 24.0 Å². The first-order valence-electron chi connectivity index (χ1n) is 9.36. The fraction of sp³-hybridized carbons (Fsp3) is 0.526. The normalized spacial score (nSPS) is 16.9. The summed E-state index contributed by atoms with van der Waals surface area (Å²) in [6.07, 6.45) is 6.82. The van der Waals surface area contributed by atoms with E-state index in [0.29, 0.717) is 6.04 Å². The Balaban J connectivity index is 0.00000261. The van der Waals surface area contributed by atoms with Crippen LogP contribution < -0.4 is 15.5 Å². The Labute approximate surface area is 178 Å².